The van der Waals surface area contributed by atoms with Crippen LogP contribution in [0.3, 0.4) is 0 Å². The topological polar surface area (TPSA) is 53.8 Å². The van der Waals surface area contributed by atoms with Crippen LogP contribution in [0.4, 0.5) is 0 Å². The Balaban J connectivity index is 2.14. The molecule has 4 nitrogen and oxygen atoms in total. The molecule has 4 heteroatoms. The molecule has 0 bridgehead atoms. The third-order valence-corrected chi connectivity index (χ3v) is 3.71. The van der Waals surface area contributed by atoms with E-state index < -0.39 is 0 Å². The number of nitrogens with zero attached hydrogens (tertiary/aromatic N) is 2. The summed E-state index contributed by atoms with van der Waals surface area (Å²) in [4.78, 5) is 7.85. The number of fused-ring (bicyclic) bond motifs is 1. The largest absolute Gasteiger partial charge is 0.392 e. The lowest BCUT2D eigenvalue weighted by atomic mass is 10.1. The third kappa shape index (κ3) is 1.85. The van der Waals surface area contributed by atoms with Crippen LogP contribution in [-0.2, 0) is 13.7 Å². The molecule has 0 aliphatic carbocycles. The first kappa shape index (κ1) is 12.0. The van der Waals surface area contributed by atoms with Crippen LogP contribution in [0.2, 0.25) is 0 Å². The molecule has 0 saturated carbocycles. The fourth-order valence-corrected chi connectivity index (χ4v) is 2.41. The van der Waals surface area contributed by atoms with Gasteiger partial charge in [-0.25, -0.2) is 4.98 Å². The Bertz CT molecular complexity index is 752. The van der Waals surface area contributed by atoms with Crippen molar-refractivity contribution < 1.29 is 5.11 Å². The van der Waals surface area contributed by atoms with Gasteiger partial charge in [0.05, 0.1) is 17.6 Å². The summed E-state index contributed by atoms with van der Waals surface area (Å²) in [6, 6.07) is 8.23. The first-order chi connectivity index (χ1) is 9.10. The van der Waals surface area contributed by atoms with Crippen molar-refractivity contribution in [3.63, 3.8) is 0 Å². The Morgan fingerprint density at radius 1 is 1.26 bits per heavy atom. The molecule has 2 N–H and O–H groups in total. The van der Waals surface area contributed by atoms with Crippen LogP contribution in [0.15, 0.2) is 24.3 Å². The normalized spacial score (nSPS) is 11.4. The van der Waals surface area contributed by atoms with Gasteiger partial charge in [0.2, 0.25) is 0 Å². The minimum absolute atomic E-state index is 0.0628. The van der Waals surface area contributed by atoms with E-state index in [-0.39, 0.29) is 6.61 Å². The highest BCUT2D eigenvalue weighted by atomic mass is 16.3. The lowest BCUT2D eigenvalue weighted by Gasteiger charge is -1.99. The summed E-state index contributed by atoms with van der Waals surface area (Å²) in [5, 5.41) is 9.25. The molecule has 0 saturated heterocycles. The summed E-state index contributed by atoms with van der Waals surface area (Å²) in [6.07, 6.45) is 0. The van der Waals surface area contributed by atoms with E-state index in [0.717, 1.165) is 39.4 Å². The number of imidazole rings is 1. The molecule has 19 heavy (non-hydrogen) atoms. The van der Waals surface area contributed by atoms with Crippen molar-refractivity contribution >= 4 is 11.0 Å². The van der Waals surface area contributed by atoms with E-state index in [9.17, 15) is 5.11 Å². The van der Waals surface area contributed by atoms with Gasteiger partial charge in [0, 0.05) is 24.0 Å². The number of aliphatic hydroxyl groups is 1. The van der Waals surface area contributed by atoms with Gasteiger partial charge >= 0.3 is 0 Å². The second-order valence-electron chi connectivity index (χ2n) is 4.91. The average Bonchev–Trinajstić information content (AvgIpc) is 2.91. The number of hydrogen-bond acceptors (Lipinski definition) is 2. The van der Waals surface area contributed by atoms with Crippen LogP contribution in [0, 0.1) is 13.8 Å². The lowest BCUT2D eigenvalue weighted by Crippen LogP contribution is -1.89. The molecule has 0 unspecified atom stereocenters. The van der Waals surface area contributed by atoms with Crippen LogP contribution in [-0.4, -0.2) is 19.6 Å². The Morgan fingerprint density at radius 3 is 2.74 bits per heavy atom. The third-order valence-electron chi connectivity index (χ3n) is 3.71. The quantitative estimate of drug-likeness (QED) is 0.739. The zero-order chi connectivity index (χ0) is 13.6. The van der Waals surface area contributed by atoms with Crippen molar-refractivity contribution in [1.82, 2.24) is 14.5 Å². The maximum Gasteiger partial charge on any atom is 0.106 e. The van der Waals surface area contributed by atoms with E-state index in [1.165, 1.54) is 0 Å². The van der Waals surface area contributed by atoms with E-state index in [1.54, 1.807) is 0 Å². The van der Waals surface area contributed by atoms with Gasteiger partial charge < -0.3 is 14.7 Å². The fraction of sp³-hybridized carbons (Fsp3) is 0.267. The minimum atomic E-state index is 0.0628. The Labute approximate surface area is 111 Å². The van der Waals surface area contributed by atoms with Crippen molar-refractivity contribution in [3.05, 3.63) is 41.3 Å². The van der Waals surface area contributed by atoms with E-state index >= 15 is 0 Å². The smallest absolute Gasteiger partial charge is 0.106 e. The second kappa shape index (κ2) is 4.24. The van der Waals surface area contributed by atoms with Crippen molar-refractivity contribution in [2.24, 2.45) is 7.05 Å². The van der Waals surface area contributed by atoms with Crippen molar-refractivity contribution in [1.29, 1.82) is 0 Å². The Hall–Kier alpha value is -2.07. The summed E-state index contributed by atoms with van der Waals surface area (Å²) in [5.74, 6) is 1.01. The molecule has 0 aliphatic heterocycles. The number of aryl methyl sites for hydroxylation is 3. The van der Waals surface area contributed by atoms with Gasteiger partial charge in [0.25, 0.3) is 0 Å². The van der Waals surface area contributed by atoms with Crippen molar-refractivity contribution in [2.75, 3.05) is 0 Å². The van der Waals surface area contributed by atoms with E-state index in [0.29, 0.717) is 0 Å². The highest BCUT2D eigenvalue weighted by Crippen LogP contribution is 2.25. The number of H-pyrrole nitrogens is 1. The number of aromatic nitrogens is 3. The fourth-order valence-electron chi connectivity index (χ4n) is 2.41. The standard InChI is InChI=1S/C15H17N3O/c1-9-12(8-19)7-13(16-9)11-4-5-15-14(6-11)17-10(2)18(15)3/h4-7,16,19H,8H2,1-3H3. The van der Waals surface area contributed by atoms with Crippen molar-refractivity contribution in [2.45, 2.75) is 20.5 Å². The molecular weight excluding hydrogens is 238 g/mol. The second-order valence-corrected chi connectivity index (χ2v) is 4.91. The first-order valence-electron chi connectivity index (χ1n) is 6.33. The molecule has 2 aromatic heterocycles. The molecule has 1 aromatic carbocycles. The summed E-state index contributed by atoms with van der Waals surface area (Å²) in [7, 11) is 2.02. The molecule has 2 heterocycles. The molecule has 98 valence electrons. The van der Waals surface area contributed by atoms with Gasteiger partial charge in [-0.1, -0.05) is 6.07 Å². The number of hydrogen-bond donors (Lipinski definition) is 2. The van der Waals surface area contributed by atoms with Crippen LogP contribution in [0.1, 0.15) is 17.1 Å². The maximum atomic E-state index is 9.25. The number of benzene rings is 1. The van der Waals surface area contributed by atoms with E-state index in [2.05, 4.69) is 32.7 Å². The predicted molar refractivity (Wildman–Crippen MR) is 75.9 cm³/mol. The zero-order valence-electron chi connectivity index (χ0n) is 11.4. The van der Waals surface area contributed by atoms with Crippen LogP contribution >= 0.6 is 0 Å². The van der Waals surface area contributed by atoms with E-state index in [4.69, 9.17) is 0 Å². The van der Waals surface area contributed by atoms with Gasteiger partial charge in [0.15, 0.2) is 0 Å². The molecular formula is C15H17N3O. The Kier molecular flexibility index (Phi) is 2.68. The summed E-state index contributed by atoms with van der Waals surface area (Å²) in [6.45, 7) is 4.04. The van der Waals surface area contributed by atoms with Crippen LogP contribution in [0.25, 0.3) is 22.3 Å². The van der Waals surface area contributed by atoms with Gasteiger partial charge in [-0.2, -0.15) is 0 Å². The van der Waals surface area contributed by atoms with Crippen LogP contribution in [0.5, 0.6) is 0 Å². The summed E-state index contributed by atoms with van der Waals surface area (Å²) >= 11 is 0. The summed E-state index contributed by atoms with van der Waals surface area (Å²) in [5.41, 5.74) is 6.18. The minimum Gasteiger partial charge on any atom is -0.392 e. The molecule has 3 rings (SSSR count). The molecule has 0 atom stereocenters. The first-order valence-corrected chi connectivity index (χ1v) is 6.33. The monoisotopic (exact) mass is 255 g/mol. The number of rotatable bonds is 2. The highest BCUT2D eigenvalue weighted by molar-refractivity contribution is 5.82. The Morgan fingerprint density at radius 2 is 2.05 bits per heavy atom. The molecule has 0 amide bonds. The predicted octanol–water partition coefficient (Wildman–Crippen LogP) is 2.68. The molecule has 0 aliphatic rings. The number of aliphatic hydroxyl groups excluding tert-OH is 1. The van der Waals surface area contributed by atoms with Gasteiger partial charge in [-0.05, 0) is 37.6 Å². The molecule has 0 radical (unpaired) electrons. The highest BCUT2D eigenvalue weighted by Gasteiger charge is 2.09. The lowest BCUT2D eigenvalue weighted by molar-refractivity contribution is 0.281. The summed E-state index contributed by atoms with van der Waals surface area (Å²) < 4.78 is 2.08. The number of nitrogens with one attached hydrogen (secondary N) is 1. The average molecular weight is 255 g/mol. The zero-order valence-corrected chi connectivity index (χ0v) is 11.4. The van der Waals surface area contributed by atoms with Gasteiger partial charge in [-0.3, -0.25) is 0 Å². The van der Waals surface area contributed by atoms with Gasteiger partial charge in [0.1, 0.15) is 5.82 Å². The van der Waals surface area contributed by atoms with Crippen molar-refractivity contribution in [3.8, 4) is 11.3 Å². The van der Waals surface area contributed by atoms with E-state index in [1.807, 2.05) is 27.0 Å². The SMILES string of the molecule is Cc1[nH]c(-c2ccc3c(c2)nc(C)n3C)cc1CO. The molecule has 0 fully saturated rings. The number of aromatic amines is 1. The molecule has 0 spiro atoms. The van der Waals surface area contributed by atoms with Gasteiger partial charge in [-0.15, -0.1) is 0 Å². The maximum absolute atomic E-state index is 9.25. The molecule has 3 aromatic rings. The van der Waals surface area contributed by atoms with Crippen LogP contribution < -0.4 is 0 Å².